The Morgan fingerprint density at radius 1 is 1.30 bits per heavy atom. The van der Waals surface area contributed by atoms with Crippen LogP contribution in [-0.2, 0) is 11.2 Å². The van der Waals surface area contributed by atoms with E-state index in [9.17, 15) is 4.79 Å². The first kappa shape index (κ1) is 13.7. The number of alkyl carbamates (subject to hydrolysis) is 1. The van der Waals surface area contributed by atoms with E-state index in [1.807, 2.05) is 12.1 Å². The maximum Gasteiger partial charge on any atom is 0.407 e. The number of ether oxygens (including phenoxy) is 1. The van der Waals surface area contributed by atoms with Crippen LogP contribution in [0.5, 0.6) is 0 Å². The third kappa shape index (κ3) is 3.87. The topological polar surface area (TPSA) is 141 Å². The van der Waals surface area contributed by atoms with Gasteiger partial charge in [0.2, 0.25) is 5.96 Å². The normalized spacial score (nSPS) is 18.3. The molecule has 7 N–H and O–H groups in total. The zero-order chi connectivity index (χ0) is 14.5. The number of amides is 1. The van der Waals surface area contributed by atoms with Crippen LogP contribution < -0.4 is 22.5 Å². The number of hydrogen-bond acceptors (Lipinski definition) is 3. The molecule has 1 aromatic rings. The van der Waals surface area contributed by atoms with Crippen LogP contribution >= 0.6 is 0 Å². The van der Waals surface area contributed by atoms with Crippen molar-refractivity contribution in [1.29, 1.82) is 0 Å². The average molecular weight is 276 g/mol. The maximum atomic E-state index is 10.9. The van der Waals surface area contributed by atoms with Gasteiger partial charge in [-0.2, -0.15) is 4.99 Å². The van der Waals surface area contributed by atoms with Gasteiger partial charge in [-0.05, 0) is 24.1 Å². The van der Waals surface area contributed by atoms with E-state index < -0.39 is 0 Å². The van der Waals surface area contributed by atoms with Crippen LogP contribution in [0.15, 0.2) is 34.3 Å². The number of rotatable bonds is 3. The smallest absolute Gasteiger partial charge is 0.407 e. The van der Waals surface area contributed by atoms with Crippen molar-refractivity contribution >= 4 is 23.7 Å². The zero-order valence-corrected chi connectivity index (χ0v) is 10.7. The van der Waals surface area contributed by atoms with Crippen molar-refractivity contribution in [2.75, 3.05) is 6.61 Å². The van der Waals surface area contributed by atoms with Crippen LogP contribution in [0, 0.1) is 0 Å². The molecule has 0 bridgehead atoms. The van der Waals surface area contributed by atoms with Crippen LogP contribution in [-0.4, -0.2) is 30.7 Å². The third-order valence-corrected chi connectivity index (χ3v) is 2.64. The van der Waals surface area contributed by atoms with Gasteiger partial charge in [0.25, 0.3) is 0 Å². The molecule has 1 heterocycles. The molecule has 1 atom stereocenters. The van der Waals surface area contributed by atoms with Gasteiger partial charge in [0.05, 0.1) is 11.7 Å². The summed E-state index contributed by atoms with van der Waals surface area (Å²) in [4.78, 5) is 18.6. The predicted octanol–water partition coefficient (Wildman–Crippen LogP) is -0.443. The average Bonchev–Trinajstić information content (AvgIpc) is 2.76. The summed E-state index contributed by atoms with van der Waals surface area (Å²) in [5.74, 6) is -0.144. The molecule has 0 aromatic heterocycles. The van der Waals surface area contributed by atoms with E-state index in [0.717, 1.165) is 5.56 Å². The van der Waals surface area contributed by atoms with Crippen molar-refractivity contribution in [3.05, 3.63) is 29.8 Å². The molecule has 0 spiro atoms. The second-order valence-corrected chi connectivity index (χ2v) is 4.32. The van der Waals surface area contributed by atoms with Gasteiger partial charge < -0.3 is 27.3 Å². The Labute approximate surface area is 115 Å². The molecule has 8 nitrogen and oxygen atoms in total. The van der Waals surface area contributed by atoms with Gasteiger partial charge >= 0.3 is 6.09 Å². The summed E-state index contributed by atoms with van der Waals surface area (Å²) in [7, 11) is 0. The fraction of sp³-hybridized carbons (Fsp3) is 0.250. The number of hydrogen-bond donors (Lipinski definition) is 4. The highest BCUT2D eigenvalue weighted by Crippen LogP contribution is 2.15. The molecule has 1 fully saturated rings. The first-order chi connectivity index (χ1) is 9.52. The molecule has 1 unspecified atom stereocenters. The molecule has 20 heavy (non-hydrogen) atoms. The fourth-order valence-electron chi connectivity index (χ4n) is 1.82. The lowest BCUT2D eigenvalue weighted by molar-refractivity contribution is 0.177. The lowest BCUT2D eigenvalue weighted by Crippen LogP contribution is -2.28. The number of carbonyl (C=O) groups is 1. The molecule has 8 heteroatoms. The third-order valence-electron chi connectivity index (χ3n) is 2.64. The van der Waals surface area contributed by atoms with E-state index in [4.69, 9.17) is 21.9 Å². The zero-order valence-electron chi connectivity index (χ0n) is 10.7. The minimum atomic E-state index is -0.374. The quantitative estimate of drug-likeness (QED) is 0.437. The standard InChI is InChI=1S/C12H16N6O2/c13-10(14)18-11(15)16-8-3-1-7(2-4-8)5-9-6-20-12(19)17-9/h1-4,9H,5-6H2,(H,17,19)(H6,13,14,15,16,18). The predicted molar refractivity (Wildman–Crippen MR) is 75.5 cm³/mol. The Morgan fingerprint density at radius 3 is 2.55 bits per heavy atom. The Hall–Kier alpha value is -2.77. The number of aliphatic imine (C=N–C) groups is 2. The first-order valence-electron chi connectivity index (χ1n) is 5.99. The van der Waals surface area contributed by atoms with Crippen LogP contribution in [0.1, 0.15) is 5.56 Å². The number of nitrogens with one attached hydrogen (secondary N) is 1. The van der Waals surface area contributed by atoms with E-state index in [2.05, 4.69) is 15.3 Å². The van der Waals surface area contributed by atoms with Gasteiger partial charge in [0.1, 0.15) is 6.61 Å². The highest BCUT2D eigenvalue weighted by atomic mass is 16.6. The maximum absolute atomic E-state index is 10.9. The Morgan fingerprint density at radius 2 is 2.00 bits per heavy atom. The molecule has 1 aliphatic rings. The molecule has 1 aromatic carbocycles. The Kier molecular flexibility index (Phi) is 4.04. The summed E-state index contributed by atoms with van der Waals surface area (Å²) in [6.07, 6.45) is 0.320. The number of carbonyl (C=O) groups excluding carboxylic acids is 1. The molecule has 106 valence electrons. The number of cyclic esters (lactones) is 1. The summed E-state index contributed by atoms with van der Waals surface area (Å²) in [6, 6.07) is 7.38. The van der Waals surface area contributed by atoms with Crippen molar-refractivity contribution in [2.24, 2.45) is 27.2 Å². The summed E-state index contributed by atoms with van der Waals surface area (Å²) >= 11 is 0. The van der Waals surface area contributed by atoms with Crippen molar-refractivity contribution in [3.63, 3.8) is 0 Å². The van der Waals surface area contributed by atoms with Gasteiger partial charge in [-0.25, -0.2) is 9.79 Å². The van der Waals surface area contributed by atoms with Crippen LogP contribution in [0.4, 0.5) is 10.5 Å². The van der Waals surface area contributed by atoms with E-state index in [1.165, 1.54) is 0 Å². The lowest BCUT2D eigenvalue weighted by Gasteiger charge is -2.07. The Bertz CT molecular complexity index is 548. The lowest BCUT2D eigenvalue weighted by atomic mass is 10.1. The van der Waals surface area contributed by atoms with E-state index in [-0.39, 0.29) is 24.1 Å². The highest BCUT2D eigenvalue weighted by molar-refractivity contribution is 5.93. The van der Waals surface area contributed by atoms with Gasteiger partial charge in [-0.15, -0.1) is 0 Å². The molecular formula is C12H16N6O2. The van der Waals surface area contributed by atoms with Crippen molar-refractivity contribution in [2.45, 2.75) is 12.5 Å². The molecule has 1 aliphatic heterocycles. The van der Waals surface area contributed by atoms with Crippen molar-refractivity contribution in [1.82, 2.24) is 5.32 Å². The minimum Gasteiger partial charge on any atom is -0.447 e. The number of guanidine groups is 2. The minimum absolute atomic E-state index is 0.00330. The monoisotopic (exact) mass is 276 g/mol. The molecular weight excluding hydrogens is 260 g/mol. The van der Waals surface area contributed by atoms with Gasteiger partial charge in [-0.3, -0.25) is 0 Å². The molecule has 0 saturated carbocycles. The van der Waals surface area contributed by atoms with E-state index in [0.29, 0.717) is 18.7 Å². The second-order valence-electron chi connectivity index (χ2n) is 4.32. The summed E-state index contributed by atoms with van der Waals surface area (Å²) in [6.45, 7) is 0.385. The summed E-state index contributed by atoms with van der Waals surface area (Å²) < 4.78 is 4.82. The molecule has 0 aliphatic carbocycles. The van der Waals surface area contributed by atoms with E-state index in [1.54, 1.807) is 12.1 Å². The molecule has 1 saturated heterocycles. The molecule has 1 amide bonds. The number of benzene rings is 1. The largest absolute Gasteiger partial charge is 0.447 e. The summed E-state index contributed by atoms with van der Waals surface area (Å²) in [5, 5.41) is 2.72. The second kappa shape index (κ2) is 5.91. The number of nitrogens with two attached hydrogens (primary N) is 3. The SMILES string of the molecule is NC(N)=NC(N)=Nc1ccc(CC2COC(=O)N2)cc1. The number of nitrogens with zero attached hydrogens (tertiary/aromatic N) is 2. The van der Waals surface area contributed by atoms with Crippen LogP contribution in [0.2, 0.25) is 0 Å². The highest BCUT2D eigenvalue weighted by Gasteiger charge is 2.21. The van der Waals surface area contributed by atoms with Crippen LogP contribution in [0.25, 0.3) is 0 Å². The van der Waals surface area contributed by atoms with Crippen molar-refractivity contribution in [3.8, 4) is 0 Å². The summed E-state index contributed by atoms with van der Waals surface area (Å²) in [5.41, 5.74) is 17.6. The van der Waals surface area contributed by atoms with Gasteiger partial charge in [-0.1, -0.05) is 12.1 Å². The van der Waals surface area contributed by atoms with Gasteiger partial charge in [0, 0.05) is 0 Å². The molecule has 2 rings (SSSR count). The Balaban J connectivity index is 1.99. The first-order valence-corrected chi connectivity index (χ1v) is 5.99. The van der Waals surface area contributed by atoms with Crippen LogP contribution in [0.3, 0.4) is 0 Å². The van der Waals surface area contributed by atoms with Gasteiger partial charge in [0.15, 0.2) is 5.96 Å². The van der Waals surface area contributed by atoms with Crippen molar-refractivity contribution < 1.29 is 9.53 Å². The van der Waals surface area contributed by atoms with E-state index >= 15 is 0 Å². The fourth-order valence-corrected chi connectivity index (χ4v) is 1.82. The molecule has 0 radical (unpaired) electrons.